The van der Waals surface area contributed by atoms with Crippen molar-refractivity contribution >= 4 is 27.5 Å². The summed E-state index contributed by atoms with van der Waals surface area (Å²) in [5.41, 5.74) is 2.60. The number of sulfonamides is 1. The molecule has 0 aliphatic rings. The quantitative estimate of drug-likeness (QED) is 0.676. The van der Waals surface area contributed by atoms with Gasteiger partial charge in [0.15, 0.2) is 0 Å². The van der Waals surface area contributed by atoms with E-state index >= 15 is 0 Å². The van der Waals surface area contributed by atoms with Gasteiger partial charge in [0, 0.05) is 24.5 Å². The minimum absolute atomic E-state index is 0.120. The second-order valence-electron chi connectivity index (χ2n) is 6.14. The van der Waals surface area contributed by atoms with Crippen LogP contribution in [-0.2, 0) is 21.2 Å². The van der Waals surface area contributed by atoms with Gasteiger partial charge in [-0.1, -0.05) is 35.9 Å². The number of hydrogen-bond donors (Lipinski definition) is 2. The van der Waals surface area contributed by atoms with Crippen molar-refractivity contribution in [2.75, 3.05) is 13.1 Å². The Morgan fingerprint density at radius 1 is 1.04 bits per heavy atom. The number of rotatable bonds is 8. The molecule has 0 atom stereocenters. The Labute approximate surface area is 159 Å². The fraction of sp³-hybridized carbons (Fsp3) is 0.316. The van der Waals surface area contributed by atoms with Gasteiger partial charge in [0.25, 0.3) is 0 Å². The number of carbonyl (C=O) groups is 1. The molecule has 0 saturated carbocycles. The third-order valence-electron chi connectivity index (χ3n) is 3.93. The number of hydrogen-bond acceptors (Lipinski definition) is 3. The Morgan fingerprint density at radius 3 is 2.42 bits per heavy atom. The number of aryl methyl sites for hydroxylation is 3. The van der Waals surface area contributed by atoms with Crippen LogP contribution in [0.5, 0.6) is 0 Å². The largest absolute Gasteiger partial charge is 0.355 e. The lowest BCUT2D eigenvalue weighted by Crippen LogP contribution is -2.35. The number of benzene rings is 2. The highest BCUT2D eigenvalue weighted by Crippen LogP contribution is 2.16. The highest BCUT2D eigenvalue weighted by atomic mass is 35.5. The molecular weight excluding hydrogens is 372 g/mol. The van der Waals surface area contributed by atoms with Crippen LogP contribution in [0.1, 0.15) is 23.1 Å². The molecule has 2 aromatic rings. The van der Waals surface area contributed by atoms with E-state index in [0.29, 0.717) is 23.4 Å². The van der Waals surface area contributed by atoms with E-state index in [9.17, 15) is 13.2 Å². The van der Waals surface area contributed by atoms with Crippen molar-refractivity contribution in [3.63, 3.8) is 0 Å². The Bertz CT molecular complexity index is 865. The van der Waals surface area contributed by atoms with E-state index in [1.54, 1.807) is 31.2 Å². The maximum atomic E-state index is 12.4. The number of carbonyl (C=O) groups excluding carboxylic acids is 1. The summed E-state index contributed by atoms with van der Waals surface area (Å²) < 4.78 is 27.2. The van der Waals surface area contributed by atoms with Gasteiger partial charge in [0.05, 0.1) is 4.90 Å². The van der Waals surface area contributed by atoms with E-state index in [1.807, 2.05) is 25.1 Å². The summed E-state index contributed by atoms with van der Waals surface area (Å²) in [6.07, 6.45) is 0.947. The summed E-state index contributed by atoms with van der Waals surface area (Å²) in [7, 11) is -3.58. The van der Waals surface area contributed by atoms with E-state index in [2.05, 4.69) is 10.0 Å². The lowest BCUT2D eigenvalue weighted by atomic mass is 10.1. The lowest BCUT2D eigenvalue weighted by Gasteiger charge is -2.11. The van der Waals surface area contributed by atoms with E-state index in [1.165, 1.54) is 0 Å². The summed E-state index contributed by atoms with van der Waals surface area (Å²) in [5.74, 6) is -0.120. The van der Waals surface area contributed by atoms with Gasteiger partial charge in [-0.05, 0) is 55.2 Å². The first-order valence-corrected chi connectivity index (χ1v) is 10.2. The average molecular weight is 395 g/mol. The molecule has 0 saturated heterocycles. The minimum Gasteiger partial charge on any atom is -0.355 e. The third-order valence-corrected chi connectivity index (χ3v) is 5.78. The first-order chi connectivity index (χ1) is 12.3. The molecule has 2 rings (SSSR count). The molecule has 0 unspecified atom stereocenters. The third kappa shape index (κ3) is 6.12. The van der Waals surface area contributed by atoms with Crippen molar-refractivity contribution in [2.24, 2.45) is 0 Å². The summed E-state index contributed by atoms with van der Waals surface area (Å²) in [6.45, 7) is 3.98. The lowest BCUT2D eigenvalue weighted by molar-refractivity contribution is -0.121. The van der Waals surface area contributed by atoms with Crippen LogP contribution in [0.15, 0.2) is 47.4 Å². The predicted molar refractivity (Wildman–Crippen MR) is 104 cm³/mol. The molecule has 0 spiro atoms. The summed E-state index contributed by atoms with van der Waals surface area (Å²) >= 11 is 5.82. The zero-order valence-electron chi connectivity index (χ0n) is 14.9. The SMILES string of the molecule is Cc1ccc(C)c(S(=O)(=O)NCCNC(=O)CCc2ccc(Cl)cc2)c1. The molecule has 140 valence electrons. The fourth-order valence-electron chi connectivity index (χ4n) is 2.46. The Kier molecular flexibility index (Phi) is 7.20. The van der Waals surface area contributed by atoms with Crippen LogP contribution in [0.3, 0.4) is 0 Å². The summed E-state index contributed by atoms with van der Waals surface area (Å²) in [4.78, 5) is 12.1. The molecule has 5 nitrogen and oxygen atoms in total. The molecule has 0 bridgehead atoms. The van der Waals surface area contributed by atoms with Crippen LogP contribution >= 0.6 is 11.6 Å². The Morgan fingerprint density at radius 2 is 1.73 bits per heavy atom. The van der Waals surface area contributed by atoms with Crippen molar-refractivity contribution in [3.8, 4) is 0 Å². The van der Waals surface area contributed by atoms with E-state index < -0.39 is 10.0 Å². The maximum Gasteiger partial charge on any atom is 0.240 e. The highest BCUT2D eigenvalue weighted by molar-refractivity contribution is 7.89. The summed E-state index contributed by atoms with van der Waals surface area (Å²) in [5, 5.41) is 3.38. The van der Waals surface area contributed by atoms with Crippen LogP contribution in [0.2, 0.25) is 5.02 Å². The van der Waals surface area contributed by atoms with E-state index in [-0.39, 0.29) is 23.9 Å². The van der Waals surface area contributed by atoms with E-state index in [4.69, 9.17) is 11.6 Å². The van der Waals surface area contributed by atoms with Crippen molar-refractivity contribution in [3.05, 3.63) is 64.2 Å². The smallest absolute Gasteiger partial charge is 0.240 e. The van der Waals surface area contributed by atoms with E-state index in [0.717, 1.165) is 11.1 Å². The van der Waals surface area contributed by atoms with Gasteiger partial charge < -0.3 is 5.32 Å². The van der Waals surface area contributed by atoms with Gasteiger partial charge in [-0.3, -0.25) is 4.79 Å². The maximum absolute atomic E-state index is 12.4. The molecule has 0 aliphatic carbocycles. The fourth-order valence-corrected chi connectivity index (χ4v) is 3.94. The molecule has 0 aliphatic heterocycles. The molecule has 0 radical (unpaired) electrons. The van der Waals surface area contributed by atoms with Crippen molar-refractivity contribution in [1.29, 1.82) is 0 Å². The summed E-state index contributed by atoms with van der Waals surface area (Å²) in [6, 6.07) is 12.6. The zero-order valence-corrected chi connectivity index (χ0v) is 16.5. The first-order valence-electron chi connectivity index (χ1n) is 8.36. The second kappa shape index (κ2) is 9.16. The molecule has 2 aromatic carbocycles. The van der Waals surface area contributed by atoms with Gasteiger partial charge >= 0.3 is 0 Å². The number of amides is 1. The van der Waals surface area contributed by atoms with Crippen LogP contribution < -0.4 is 10.0 Å². The molecule has 0 fully saturated rings. The van der Waals surface area contributed by atoms with Gasteiger partial charge in [0.2, 0.25) is 15.9 Å². The second-order valence-corrected chi connectivity index (χ2v) is 8.31. The van der Waals surface area contributed by atoms with Crippen LogP contribution in [0.4, 0.5) is 0 Å². The standard InChI is InChI=1S/C19H23ClN2O3S/c1-14-3-4-15(2)18(13-14)26(24,25)22-12-11-21-19(23)10-7-16-5-8-17(20)9-6-16/h3-6,8-9,13,22H,7,10-12H2,1-2H3,(H,21,23). The monoisotopic (exact) mass is 394 g/mol. The molecule has 0 heterocycles. The van der Waals surface area contributed by atoms with Crippen LogP contribution in [-0.4, -0.2) is 27.4 Å². The number of nitrogens with one attached hydrogen (secondary N) is 2. The predicted octanol–water partition coefficient (Wildman–Crippen LogP) is 2.98. The Hall–Kier alpha value is -1.89. The van der Waals surface area contributed by atoms with Gasteiger partial charge in [-0.2, -0.15) is 0 Å². The normalized spacial score (nSPS) is 11.3. The molecule has 7 heteroatoms. The van der Waals surface area contributed by atoms with Crippen molar-refractivity contribution in [1.82, 2.24) is 10.0 Å². The van der Waals surface area contributed by atoms with Crippen LogP contribution in [0.25, 0.3) is 0 Å². The topological polar surface area (TPSA) is 75.3 Å². The molecular formula is C19H23ClN2O3S. The zero-order chi connectivity index (χ0) is 19.2. The van der Waals surface area contributed by atoms with Crippen molar-refractivity contribution in [2.45, 2.75) is 31.6 Å². The Balaban J connectivity index is 1.76. The molecule has 2 N–H and O–H groups in total. The average Bonchev–Trinajstić information content (AvgIpc) is 2.60. The first kappa shape index (κ1) is 20.4. The van der Waals surface area contributed by atoms with Gasteiger partial charge in [-0.15, -0.1) is 0 Å². The highest BCUT2D eigenvalue weighted by Gasteiger charge is 2.16. The van der Waals surface area contributed by atoms with Crippen LogP contribution in [0, 0.1) is 13.8 Å². The van der Waals surface area contributed by atoms with Crippen molar-refractivity contribution < 1.29 is 13.2 Å². The minimum atomic E-state index is -3.58. The van der Waals surface area contributed by atoms with Gasteiger partial charge in [-0.25, -0.2) is 13.1 Å². The number of halogens is 1. The van der Waals surface area contributed by atoms with Gasteiger partial charge in [0.1, 0.15) is 0 Å². The molecule has 0 aromatic heterocycles. The molecule has 1 amide bonds. The molecule has 26 heavy (non-hydrogen) atoms.